The van der Waals surface area contributed by atoms with Crippen LogP contribution in [0.5, 0.6) is 0 Å². The summed E-state index contributed by atoms with van der Waals surface area (Å²) in [6, 6.07) is 3.71. The van der Waals surface area contributed by atoms with E-state index in [0.29, 0.717) is 0 Å². The van der Waals surface area contributed by atoms with Crippen LogP contribution in [-0.2, 0) is 6.54 Å². The second kappa shape index (κ2) is 6.78. The number of hydrogen-bond donors (Lipinski definition) is 1. The third-order valence-electron chi connectivity index (χ3n) is 3.53. The third kappa shape index (κ3) is 3.68. The van der Waals surface area contributed by atoms with Crippen molar-refractivity contribution in [2.24, 2.45) is 0 Å². The second-order valence-corrected chi connectivity index (χ2v) is 5.55. The molecule has 1 atom stereocenters. The number of carbonyl (C=O) groups is 1. The van der Waals surface area contributed by atoms with E-state index in [1.165, 1.54) is 18.2 Å². The predicted octanol–water partition coefficient (Wildman–Crippen LogP) is 3.26. The number of aromatic nitrogens is 2. The first-order chi connectivity index (χ1) is 10.8. The minimum absolute atomic E-state index is 0.000310. The van der Waals surface area contributed by atoms with Gasteiger partial charge in [-0.1, -0.05) is 11.6 Å². The molecule has 0 saturated carbocycles. The molecule has 8 heteroatoms. The van der Waals surface area contributed by atoms with Crippen LogP contribution in [0.15, 0.2) is 24.4 Å². The van der Waals surface area contributed by atoms with Crippen molar-refractivity contribution in [3.8, 4) is 0 Å². The molecular weight excluding hydrogens is 320 g/mol. The van der Waals surface area contributed by atoms with Crippen molar-refractivity contribution >= 4 is 23.2 Å². The minimum Gasteiger partial charge on any atom is -0.345 e. The van der Waals surface area contributed by atoms with Crippen molar-refractivity contribution in [3.05, 3.63) is 56.4 Å². The molecule has 0 fully saturated rings. The SMILES string of the molecule is CCn1cc(C(C)NC(=O)c2ccc(Cl)c([N+](=O)[O-])c2)c(C)n1. The summed E-state index contributed by atoms with van der Waals surface area (Å²) in [6.45, 7) is 6.43. The lowest BCUT2D eigenvalue weighted by Gasteiger charge is -2.13. The molecule has 0 aliphatic heterocycles. The molecule has 122 valence electrons. The zero-order chi connectivity index (χ0) is 17.1. The van der Waals surface area contributed by atoms with E-state index in [2.05, 4.69) is 10.4 Å². The number of nitrogens with zero attached hydrogens (tertiary/aromatic N) is 3. The average Bonchev–Trinajstić information content (AvgIpc) is 2.88. The van der Waals surface area contributed by atoms with Crippen LogP contribution in [0.25, 0.3) is 0 Å². The molecule has 1 aromatic carbocycles. The third-order valence-corrected chi connectivity index (χ3v) is 3.85. The number of rotatable bonds is 5. The Morgan fingerprint density at radius 1 is 1.52 bits per heavy atom. The summed E-state index contributed by atoms with van der Waals surface area (Å²) in [5, 5.41) is 18.1. The fraction of sp³-hybridized carbons (Fsp3) is 0.333. The number of halogens is 1. The van der Waals surface area contributed by atoms with Crippen LogP contribution in [0.4, 0.5) is 5.69 Å². The Morgan fingerprint density at radius 2 is 2.22 bits per heavy atom. The molecule has 0 spiro atoms. The predicted molar refractivity (Wildman–Crippen MR) is 86.6 cm³/mol. The summed E-state index contributed by atoms with van der Waals surface area (Å²) in [5.74, 6) is -0.402. The molecular formula is C15H17ClN4O3. The second-order valence-electron chi connectivity index (χ2n) is 5.14. The summed E-state index contributed by atoms with van der Waals surface area (Å²) in [7, 11) is 0. The van der Waals surface area contributed by atoms with Gasteiger partial charge in [-0.2, -0.15) is 5.10 Å². The normalized spacial score (nSPS) is 12.0. The number of nitrogens with one attached hydrogen (secondary N) is 1. The Bertz CT molecular complexity index is 757. The number of hydrogen-bond acceptors (Lipinski definition) is 4. The summed E-state index contributed by atoms with van der Waals surface area (Å²) in [6.07, 6.45) is 1.88. The van der Waals surface area contributed by atoms with E-state index >= 15 is 0 Å². The van der Waals surface area contributed by atoms with Gasteiger partial charge >= 0.3 is 0 Å². The highest BCUT2D eigenvalue weighted by atomic mass is 35.5. The Balaban J connectivity index is 2.19. The van der Waals surface area contributed by atoms with Gasteiger partial charge < -0.3 is 5.32 Å². The standard InChI is InChI=1S/C15H17ClN4O3/c1-4-19-8-12(10(3)18-19)9(2)17-15(21)11-5-6-13(16)14(7-11)20(22)23/h5-9H,4H2,1-3H3,(H,17,21). The highest BCUT2D eigenvalue weighted by Gasteiger charge is 2.19. The van der Waals surface area contributed by atoms with E-state index in [0.717, 1.165) is 17.8 Å². The van der Waals surface area contributed by atoms with Gasteiger partial charge in [0, 0.05) is 29.9 Å². The number of nitro benzene ring substituents is 1. The van der Waals surface area contributed by atoms with Crippen molar-refractivity contribution in [3.63, 3.8) is 0 Å². The largest absolute Gasteiger partial charge is 0.345 e. The molecule has 1 unspecified atom stereocenters. The fourth-order valence-electron chi connectivity index (χ4n) is 2.27. The fourth-order valence-corrected chi connectivity index (χ4v) is 2.46. The molecule has 0 aliphatic carbocycles. The van der Waals surface area contributed by atoms with Gasteiger partial charge in [0.25, 0.3) is 11.6 Å². The van der Waals surface area contributed by atoms with Crippen molar-refractivity contribution in [2.45, 2.75) is 33.4 Å². The van der Waals surface area contributed by atoms with Crippen LogP contribution >= 0.6 is 11.6 Å². The summed E-state index contributed by atoms with van der Waals surface area (Å²) < 4.78 is 1.79. The molecule has 7 nitrogen and oxygen atoms in total. The summed E-state index contributed by atoms with van der Waals surface area (Å²) in [5.41, 5.74) is 1.64. The van der Waals surface area contributed by atoms with E-state index < -0.39 is 10.8 Å². The molecule has 1 N–H and O–H groups in total. The van der Waals surface area contributed by atoms with Crippen LogP contribution < -0.4 is 5.32 Å². The Labute approximate surface area is 138 Å². The number of nitro groups is 1. The zero-order valence-corrected chi connectivity index (χ0v) is 13.8. The van der Waals surface area contributed by atoms with Crippen molar-refractivity contribution in [2.75, 3.05) is 0 Å². The van der Waals surface area contributed by atoms with E-state index in [9.17, 15) is 14.9 Å². The zero-order valence-electron chi connectivity index (χ0n) is 13.0. The van der Waals surface area contributed by atoms with Gasteiger partial charge in [0.1, 0.15) is 5.02 Å². The molecule has 1 aromatic heterocycles. The first kappa shape index (κ1) is 17.0. The molecule has 2 rings (SSSR count). The molecule has 0 bridgehead atoms. The van der Waals surface area contributed by atoms with E-state index in [4.69, 9.17) is 11.6 Å². The van der Waals surface area contributed by atoms with Crippen LogP contribution in [0, 0.1) is 17.0 Å². The van der Waals surface area contributed by atoms with Gasteiger partial charge in [0.2, 0.25) is 0 Å². The molecule has 1 heterocycles. The van der Waals surface area contributed by atoms with Gasteiger partial charge in [-0.15, -0.1) is 0 Å². The first-order valence-electron chi connectivity index (χ1n) is 7.12. The van der Waals surface area contributed by atoms with Gasteiger partial charge in [-0.3, -0.25) is 19.6 Å². The van der Waals surface area contributed by atoms with Crippen LogP contribution in [0.3, 0.4) is 0 Å². The van der Waals surface area contributed by atoms with Crippen LogP contribution in [0.2, 0.25) is 5.02 Å². The van der Waals surface area contributed by atoms with Crippen molar-refractivity contribution in [1.82, 2.24) is 15.1 Å². The highest BCUT2D eigenvalue weighted by molar-refractivity contribution is 6.32. The maximum absolute atomic E-state index is 12.3. The summed E-state index contributed by atoms with van der Waals surface area (Å²) in [4.78, 5) is 22.6. The lowest BCUT2D eigenvalue weighted by molar-refractivity contribution is -0.384. The van der Waals surface area contributed by atoms with E-state index in [1.807, 2.05) is 27.0 Å². The topological polar surface area (TPSA) is 90.1 Å². The lowest BCUT2D eigenvalue weighted by Crippen LogP contribution is -2.26. The number of carbonyl (C=O) groups excluding carboxylic acids is 1. The molecule has 2 aromatic rings. The first-order valence-corrected chi connectivity index (χ1v) is 7.50. The Kier molecular flexibility index (Phi) is 5.00. The monoisotopic (exact) mass is 336 g/mol. The molecule has 0 radical (unpaired) electrons. The molecule has 23 heavy (non-hydrogen) atoms. The smallest absolute Gasteiger partial charge is 0.288 e. The van der Waals surface area contributed by atoms with Crippen LogP contribution in [-0.4, -0.2) is 20.6 Å². The average molecular weight is 337 g/mol. The molecule has 0 aliphatic rings. The van der Waals surface area contributed by atoms with Crippen molar-refractivity contribution in [1.29, 1.82) is 0 Å². The Hall–Kier alpha value is -2.41. The number of benzene rings is 1. The van der Waals surface area contributed by atoms with E-state index in [-0.39, 0.29) is 22.3 Å². The van der Waals surface area contributed by atoms with Crippen molar-refractivity contribution < 1.29 is 9.72 Å². The van der Waals surface area contributed by atoms with Gasteiger partial charge in [-0.25, -0.2) is 0 Å². The molecule has 1 amide bonds. The van der Waals surface area contributed by atoms with E-state index in [1.54, 1.807) is 4.68 Å². The number of amides is 1. The lowest BCUT2D eigenvalue weighted by atomic mass is 10.1. The minimum atomic E-state index is -0.613. The Morgan fingerprint density at radius 3 is 2.78 bits per heavy atom. The highest BCUT2D eigenvalue weighted by Crippen LogP contribution is 2.25. The molecule has 0 saturated heterocycles. The quantitative estimate of drug-likeness (QED) is 0.670. The van der Waals surface area contributed by atoms with Gasteiger partial charge in [0.05, 0.1) is 16.7 Å². The van der Waals surface area contributed by atoms with Gasteiger partial charge in [0.15, 0.2) is 0 Å². The number of aryl methyl sites for hydroxylation is 2. The van der Waals surface area contributed by atoms with Crippen LogP contribution in [0.1, 0.15) is 41.5 Å². The summed E-state index contributed by atoms with van der Waals surface area (Å²) >= 11 is 5.75. The maximum Gasteiger partial charge on any atom is 0.288 e. The van der Waals surface area contributed by atoms with Gasteiger partial charge in [-0.05, 0) is 32.9 Å². The maximum atomic E-state index is 12.3.